The molecule has 0 spiro atoms. The summed E-state index contributed by atoms with van der Waals surface area (Å²) in [6.45, 7) is -0.182. The van der Waals surface area contributed by atoms with Crippen molar-refractivity contribution in [2.75, 3.05) is 19.6 Å². The van der Waals surface area contributed by atoms with Crippen LogP contribution in [0, 0.1) is 5.92 Å². The Kier molecular flexibility index (Phi) is 4.73. The molecule has 102 valence electrons. The highest BCUT2D eigenvalue weighted by Crippen LogP contribution is 2.35. The smallest absolute Gasteiger partial charge is 0.302 e. The van der Waals surface area contributed by atoms with Crippen molar-refractivity contribution in [3.05, 3.63) is 0 Å². The maximum atomic E-state index is 12.3. The first kappa shape index (κ1) is 15.1. The summed E-state index contributed by atoms with van der Waals surface area (Å²) in [5, 5.41) is 0. The summed E-state index contributed by atoms with van der Waals surface area (Å²) in [5.74, 6) is -1.38. The van der Waals surface area contributed by atoms with E-state index in [9.17, 15) is 26.3 Å². The van der Waals surface area contributed by atoms with Gasteiger partial charge in [0.15, 0.2) is 0 Å². The molecular formula is C9H12BrF6N. The molecule has 0 bridgehead atoms. The molecule has 1 nitrogen and oxygen atoms in total. The highest BCUT2D eigenvalue weighted by atomic mass is 79.9. The fourth-order valence-corrected chi connectivity index (χ4v) is 2.18. The van der Waals surface area contributed by atoms with Crippen LogP contribution >= 0.6 is 15.9 Å². The van der Waals surface area contributed by atoms with Crippen molar-refractivity contribution in [1.82, 2.24) is 4.90 Å². The Morgan fingerprint density at radius 1 is 1.06 bits per heavy atom. The second-order valence-corrected chi connectivity index (χ2v) is 5.23. The molecule has 1 heterocycles. The van der Waals surface area contributed by atoms with Gasteiger partial charge < -0.3 is 4.90 Å². The molecule has 0 aromatic rings. The summed E-state index contributed by atoms with van der Waals surface area (Å²) in [5.41, 5.74) is 0. The number of rotatable bonds is 2. The minimum absolute atomic E-state index is 0.0579. The van der Waals surface area contributed by atoms with Crippen LogP contribution in [0.15, 0.2) is 0 Å². The van der Waals surface area contributed by atoms with Gasteiger partial charge in [-0.2, -0.15) is 26.3 Å². The molecule has 1 saturated heterocycles. The van der Waals surface area contributed by atoms with E-state index >= 15 is 0 Å². The third-order valence-corrected chi connectivity index (χ3v) is 3.63. The molecule has 0 saturated carbocycles. The third-order valence-electron chi connectivity index (χ3n) is 2.82. The highest BCUT2D eigenvalue weighted by Gasteiger charge is 2.43. The van der Waals surface area contributed by atoms with Gasteiger partial charge in [0.25, 0.3) is 0 Å². The first-order valence-electron chi connectivity index (χ1n) is 5.10. The van der Waals surface area contributed by atoms with Crippen molar-refractivity contribution in [3.8, 4) is 0 Å². The van der Waals surface area contributed by atoms with E-state index in [1.807, 2.05) is 0 Å². The average molecular weight is 328 g/mol. The Morgan fingerprint density at radius 3 is 1.88 bits per heavy atom. The first-order valence-corrected chi connectivity index (χ1v) is 6.02. The predicted octanol–water partition coefficient (Wildman–Crippen LogP) is 3.59. The molecule has 1 fully saturated rings. The van der Waals surface area contributed by atoms with Gasteiger partial charge in [-0.3, -0.25) is 0 Å². The van der Waals surface area contributed by atoms with Crippen LogP contribution in [0.3, 0.4) is 0 Å². The molecule has 0 aliphatic carbocycles. The molecule has 17 heavy (non-hydrogen) atoms. The van der Waals surface area contributed by atoms with Gasteiger partial charge in [-0.1, -0.05) is 15.9 Å². The van der Waals surface area contributed by atoms with Gasteiger partial charge >= 0.3 is 12.4 Å². The van der Waals surface area contributed by atoms with E-state index in [0.29, 0.717) is 0 Å². The Labute approximate surface area is 103 Å². The molecular weight excluding hydrogens is 316 g/mol. The fourth-order valence-electron chi connectivity index (χ4n) is 1.77. The zero-order chi connectivity index (χ0) is 13.3. The monoisotopic (exact) mass is 327 g/mol. The molecule has 0 radical (unpaired) electrons. The van der Waals surface area contributed by atoms with Crippen molar-refractivity contribution in [2.24, 2.45) is 5.92 Å². The van der Waals surface area contributed by atoms with E-state index in [4.69, 9.17) is 0 Å². The van der Waals surface area contributed by atoms with Gasteiger partial charge in [-0.05, 0) is 25.9 Å². The van der Waals surface area contributed by atoms with E-state index in [1.165, 1.54) is 4.90 Å². The lowest BCUT2D eigenvalue weighted by molar-refractivity contribution is -0.186. The van der Waals surface area contributed by atoms with Gasteiger partial charge in [-0.15, -0.1) is 0 Å². The van der Waals surface area contributed by atoms with Crippen LogP contribution < -0.4 is 0 Å². The van der Waals surface area contributed by atoms with Crippen LogP contribution in [-0.2, 0) is 0 Å². The topological polar surface area (TPSA) is 3.24 Å². The molecule has 1 rings (SSSR count). The van der Waals surface area contributed by atoms with Gasteiger partial charge in [0.1, 0.15) is 4.83 Å². The maximum Gasteiger partial charge on any atom is 0.402 e. The maximum absolute atomic E-state index is 12.3. The molecule has 0 aromatic carbocycles. The molecule has 0 N–H and O–H groups in total. The van der Waals surface area contributed by atoms with Crippen molar-refractivity contribution in [2.45, 2.75) is 30.0 Å². The number of nitrogens with zero attached hydrogens (tertiary/aromatic N) is 1. The van der Waals surface area contributed by atoms with Crippen LogP contribution in [0.2, 0.25) is 0 Å². The number of hydrogen-bond donors (Lipinski definition) is 0. The van der Waals surface area contributed by atoms with Crippen molar-refractivity contribution < 1.29 is 26.3 Å². The second-order valence-electron chi connectivity index (χ2n) is 4.13. The Morgan fingerprint density at radius 2 is 1.53 bits per heavy atom. The van der Waals surface area contributed by atoms with Gasteiger partial charge in [0.2, 0.25) is 0 Å². The summed E-state index contributed by atoms with van der Waals surface area (Å²) in [7, 11) is 0. The van der Waals surface area contributed by atoms with Gasteiger partial charge in [0, 0.05) is 6.54 Å². The molecule has 0 aromatic heterocycles. The third kappa shape index (κ3) is 4.65. The zero-order valence-corrected chi connectivity index (χ0v) is 10.4. The van der Waals surface area contributed by atoms with Crippen LogP contribution in [0.5, 0.6) is 0 Å². The lowest BCUT2D eigenvalue weighted by atomic mass is 9.96. The quantitative estimate of drug-likeness (QED) is 0.553. The number of piperidine rings is 1. The Hall–Kier alpha value is 0.0200. The highest BCUT2D eigenvalue weighted by molar-refractivity contribution is 9.09. The first-order chi connectivity index (χ1) is 7.60. The normalized spacial score (nSPS) is 22.8. The molecule has 1 unspecified atom stereocenters. The number of alkyl halides is 7. The van der Waals surface area contributed by atoms with E-state index in [2.05, 4.69) is 15.9 Å². The van der Waals surface area contributed by atoms with Gasteiger partial charge in [0.05, 0.1) is 5.92 Å². The van der Waals surface area contributed by atoms with E-state index in [0.717, 1.165) is 0 Å². The lowest BCUT2D eigenvalue weighted by Crippen LogP contribution is -2.44. The predicted molar refractivity (Wildman–Crippen MR) is 54.0 cm³/mol. The van der Waals surface area contributed by atoms with Crippen LogP contribution in [0.25, 0.3) is 0 Å². The fraction of sp³-hybridized carbons (Fsp3) is 1.00. The number of likely N-dealkylation sites (tertiary alicyclic amines) is 1. The van der Waals surface area contributed by atoms with Crippen LogP contribution in [0.1, 0.15) is 12.8 Å². The molecule has 1 aliphatic rings. The standard InChI is InChI=1S/C9H12BrF6N/c10-7(9(14,15)16)5-17-3-1-6(2-4-17)8(11,12)13/h6-7H,1-5H2. The van der Waals surface area contributed by atoms with Crippen molar-refractivity contribution >= 4 is 15.9 Å². The SMILES string of the molecule is FC(F)(F)C(Br)CN1CCC(C(F)(F)F)CC1. The zero-order valence-electron chi connectivity index (χ0n) is 8.78. The van der Waals surface area contributed by atoms with Crippen molar-refractivity contribution in [3.63, 3.8) is 0 Å². The van der Waals surface area contributed by atoms with Crippen LogP contribution in [0.4, 0.5) is 26.3 Å². The molecule has 1 aliphatic heterocycles. The summed E-state index contributed by atoms with van der Waals surface area (Å²) in [6, 6.07) is 0. The van der Waals surface area contributed by atoms with E-state index < -0.39 is 23.1 Å². The summed E-state index contributed by atoms with van der Waals surface area (Å²) < 4.78 is 73.6. The Bertz CT molecular complexity index is 243. The minimum Gasteiger partial charge on any atom is -0.302 e. The van der Waals surface area contributed by atoms with E-state index in [1.54, 1.807) is 0 Å². The lowest BCUT2D eigenvalue weighted by Gasteiger charge is -2.34. The number of halogens is 7. The van der Waals surface area contributed by atoms with Crippen molar-refractivity contribution in [1.29, 1.82) is 0 Å². The Balaban J connectivity index is 2.38. The second kappa shape index (κ2) is 5.34. The number of hydrogen-bond acceptors (Lipinski definition) is 1. The average Bonchev–Trinajstić information content (AvgIpc) is 2.15. The summed E-state index contributed by atoms with van der Waals surface area (Å²) in [6.07, 6.45) is -8.84. The van der Waals surface area contributed by atoms with Crippen LogP contribution in [-0.4, -0.2) is 41.7 Å². The molecule has 1 atom stereocenters. The summed E-state index contributed by atoms with van der Waals surface area (Å²) >= 11 is 2.50. The molecule has 8 heteroatoms. The largest absolute Gasteiger partial charge is 0.402 e. The molecule has 0 amide bonds. The minimum atomic E-state index is -4.36. The van der Waals surface area contributed by atoms with Gasteiger partial charge in [-0.25, -0.2) is 0 Å². The summed E-state index contributed by atoms with van der Waals surface area (Å²) in [4.78, 5) is -0.271. The van der Waals surface area contributed by atoms with E-state index in [-0.39, 0.29) is 32.5 Å².